The van der Waals surface area contributed by atoms with Crippen molar-refractivity contribution in [2.24, 2.45) is 11.7 Å². The first-order valence-electron chi connectivity index (χ1n) is 6.96. The molecule has 2 aromatic rings. The van der Waals surface area contributed by atoms with Crippen LogP contribution in [0.1, 0.15) is 37.4 Å². The quantitative estimate of drug-likeness (QED) is 0.858. The summed E-state index contributed by atoms with van der Waals surface area (Å²) in [7, 11) is 0. The van der Waals surface area contributed by atoms with E-state index in [1.54, 1.807) is 11.3 Å². The molecule has 20 heavy (non-hydrogen) atoms. The van der Waals surface area contributed by atoms with Gasteiger partial charge in [0.2, 0.25) is 0 Å². The summed E-state index contributed by atoms with van der Waals surface area (Å²) in [4.78, 5) is 4.39. The first-order valence-corrected chi connectivity index (χ1v) is 7.84. The maximum Gasteiger partial charge on any atom is 0.112 e. The molecule has 0 spiro atoms. The topological polar surface area (TPSA) is 50.9 Å². The van der Waals surface area contributed by atoms with Crippen LogP contribution in [0.5, 0.6) is 0 Å². The van der Waals surface area contributed by atoms with Crippen LogP contribution in [0.15, 0.2) is 41.9 Å². The largest absolute Gasteiger partial charge is 0.324 e. The smallest absolute Gasteiger partial charge is 0.112 e. The normalized spacial score (nSPS) is 15.0. The predicted octanol–water partition coefficient (Wildman–Crippen LogP) is 3.30. The van der Waals surface area contributed by atoms with Gasteiger partial charge in [-0.1, -0.05) is 37.3 Å². The Morgan fingerprint density at radius 2 is 2.00 bits per heavy atom. The molecule has 3 nitrogen and oxygen atoms in total. The molecule has 0 aliphatic rings. The zero-order valence-corrected chi connectivity index (χ0v) is 13.2. The maximum atomic E-state index is 6.33. The highest BCUT2D eigenvalue weighted by Crippen LogP contribution is 2.24. The second-order valence-electron chi connectivity index (χ2n) is 5.76. The first-order chi connectivity index (χ1) is 9.50. The average Bonchev–Trinajstić information content (AvgIpc) is 3.00. The Bertz CT molecular complexity index is 508. The molecule has 4 heteroatoms. The molecule has 108 valence electrons. The summed E-state index contributed by atoms with van der Waals surface area (Å²) in [5.41, 5.74) is 7.41. The van der Waals surface area contributed by atoms with Crippen LogP contribution >= 0.6 is 11.3 Å². The Morgan fingerprint density at radius 3 is 2.60 bits per heavy atom. The van der Waals surface area contributed by atoms with Crippen molar-refractivity contribution in [1.29, 1.82) is 0 Å². The van der Waals surface area contributed by atoms with Crippen molar-refractivity contribution in [2.75, 3.05) is 6.54 Å². The van der Waals surface area contributed by atoms with Gasteiger partial charge in [-0.25, -0.2) is 4.98 Å². The number of aromatic nitrogens is 1. The number of thiazole rings is 1. The van der Waals surface area contributed by atoms with Gasteiger partial charge in [0, 0.05) is 24.2 Å². The SMILES string of the molecule is CC(CNC(C)(C)c1nccs1)C(N)c1ccccc1. The lowest BCUT2D eigenvalue weighted by molar-refractivity contribution is 0.339. The highest BCUT2D eigenvalue weighted by molar-refractivity contribution is 7.09. The van der Waals surface area contributed by atoms with Crippen LogP contribution < -0.4 is 11.1 Å². The van der Waals surface area contributed by atoms with E-state index in [9.17, 15) is 0 Å². The fraction of sp³-hybridized carbons (Fsp3) is 0.438. The third kappa shape index (κ3) is 3.66. The summed E-state index contributed by atoms with van der Waals surface area (Å²) in [6, 6.07) is 10.3. The molecular weight excluding hydrogens is 266 g/mol. The van der Waals surface area contributed by atoms with Gasteiger partial charge in [0.15, 0.2) is 0 Å². The van der Waals surface area contributed by atoms with Gasteiger partial charge in [0.25, 0.3) is 0 Å². The lowest BCUT2D eigenvalue weighted by Crippen LogP contribution is -2.41. The molecule has 2 atom stereocenters. The van der Waals surface area contributed by atoms with E-state index >= 15 is 0 Å². The van der Waals surface area contributed by atoms with E-state index in [4.69, 9.17) is 5.73 Å². The molecule has 1 heterocycles. The molecule has 0 amide bonds. The van der Waals surface area contributed by atoms with Crippen LogP contribution in [0.25, 0.3) is 0 Å². The molecule has 0 aliphatic heterocycles. The van der Waals surface area contributed by atoms with Crippen LogP contribution in [0.2, 0.25) is 0 Å². The number of nitrogens with one attached hydrogen (secondary N) is 1. The molecule has 0 bridgehead atoms. The van der Waals surface area contributed by atoms with E-state index in [1.807, 2.05) is 29.8 Å². The van der Waals surface area contributed by atoms with Gasteiger partial charge in [0.05, 0.1) is 5.54 Å². The molecule has 2 unspecified atom stereocenters. The number of nitrogens with two attached hydrogens (primary N) is 1. The summed E-state index contributed by atoms with van der Waals surface area (Å²) in [5, 5.41) is 6.70. The minimum atomic E-state index is -0.112. The van der Waals surface area contributed by atoms with Gasteiger partial charge >= 0.3 is 0 Å². The van der Waals surface area contributed by atoms with Crippen LogP contribution in [0, 0.1) is 5.92 Å². The number of nitrogens with zero attached hydrogens (tertiary/aromatic N) is 1. The number of hydrogen-bond donors (Lipinski definition) is 2. The van der Waals surface area contributed by atoms with Crippen molar-refractivity contribution >= 4 is 11.3 Å². The molecule has 0 radical (unpaired) electrons. The molecule has 3 N–H and O–H groups in total. The molecule has 1 aromatic carbocycles. The van der Waals surface area contributed by atoms with Gasteiger partial charge in [-0.2, -0.15) is 0 Å². The fourth-order valence-corrected chi connectivity index (χ4v) is 2.89. The highest BCUT2D eigenvalue weighted by Gasteiger charge is 2.24. The van der Waals surface area contributed by atoms with Crippen LogP contribution in [0.4, 0.5) is 0 Å². The Hall–Kier alpha value is -1.23. The second-order valence-corrected chi connectivity index (χ2v) is 6.65. The number of benzene rings is 1. The zero-order chi connectivity index (χ0) is 14.6. The van der Waals surface area contributed by atoms with Gasteiger partial charge in [-0.05, 0) is 25.3 Å². The van der Waals surface area contributed by atoms with Crippen molar-refractivity contribution in [3.8, 4) is 0 Å². The van der Waals surface area contributed by atoms with E-state index in [1.165, 1.54) is 5.56 Å². The third-order valence-electron chi connectivity index (χ3n) is 3.63. The Morgan fingerprint density at radius 1 is 1.30 bits per heavy atom. The van der Waals surface area contributed by atoms with Gasteiger partial charge in [-0.3, -0.25) is 0 Å². The molecule has 0 saturated heterocycles. The number of rotatable bonds is 6. The summed E-state index contributed by atoms with van der Waals surface area (Å²) in [6.45, 7) is 7.37. The fourth-order valence-electron chi connectivity index (χ4n) is 2.15. The van der Waals surface area contributed by atoms with E-state index in [-0.39, 0.29) is 11.6 Å². The Kier molecular flexibility index (Phi) is 4.91. The molecule has 2 rings (SSSR count). The average molecular weight is 289 g/mol. The molecular formula is C16H23N3S. The summed E-state index contributed by atoms with van der Waals surface area (Å²) in [6.07, 6.45) is 1.85. The highest BCUT2D eigenvalue weighted by atomic mass is 32.1. The van der Waals surface area contributed by atoms with Crippen molar-refractivity contribution in [2.45, 2.75) is 32.4 Å². The maximum absolute atomic E-state index is 6.33. The second kappa shape index (κ2) is 6.48. The number of hydrogen-bond acceptors (Lipinski definition) is 4. The van der Waals surface area contributed by atoms with Gasteiger partial charge in [0.1, 0.15) is 5.01 Å². The van der Waals surface area contributed by atoms with E-state index in [2.05, 4.69) is 43.2 Å². The van der Waals surface area contributed by atoms with E-state index < -0.39 is 0 Å². The Balaban J connectivity index is 1.94. The minimum Gasteiger partial charge on any atom is -0.324 e. The van der Waals surface area contributed by atoms with Crippen LogP contribution in [-0.4, -0.2) is 11.5 Å². The van der Waals surface area contributed by atoms with Gasteiger partial charge in [-0.15, -0.1) is 11.3 Å². The minimum absolute atomic E-state index is 0.0517. The van der Waals surface area contributed by atoms with Crippen molar-refractivity contribution in [3.63, 3.8) is 0 Å². The monoisotopic (exact) mass is 289 g/mol. The Labute approximate surface area is 125 Å². The summed E-state index contributed by atoms with van der Waals surface area (Å²) >= 11 is 1.68. The molecule has 0 fully saturated rings. The summed E-state index contributed by atoms with van der Waals surface area (Å²) in [5.74, 6) is 0.358. The van der Waals surface area contributed by atoms with Crippen molar-refractivity contribution in [3.05, 3.63) is 52.5 Å². The molecule has 0 saturated carbocycles. The van der Waals surface area contributed by atoms with Crippen molar-refractivity contribution in [1.82, 2.24) is 10.3 Å². The van der Waals surface area contributed by atoms with Crippen LogP contribution in [0.3, 0.4) is 0 Å². The van der Waals surface area contributed by atoms with Crippen molar-refractivity contribution < 1.29 is 0 Å². The first kappa shape index (κ1) is 15.2. The predicted molar refractivity (Wildman–Crippen MR) is 85.7 cm³/mol. The van der Waals surface area contributed by atoms with Crippen LogP contribution in [-0.2, 0) is 5.54 Å². The zero-order valence-electron chi connectivity index (χ0n) is 12.3. The summed E-state index contributed by atoms with van der Waals surface area (Å²) < 4.78 is 0. The molecule has 1 aromatic heterocycles. The van der Waals surface area contributed by atoms with Gasteiger partial charge < -0.3 is 11.1 Å². The standard InChI is InChI=1S/C16H23N3S/c1-12(14(17)13-7-5-4-6-8-13)11-19-16(2,3)15-18-9-10-20-15/h4-10,12,14,19H,11,17H2,1-3H3. The lowest BCUT2D eigenvalue weighted by Gasteiger charge is -2.28. The van der Waals surface area contributed by atoms with E-state index in [0.717, 1.165) is 11.6 Å². The molecule has 0 aliphatic carbocycles. The lowest BCUT2D eigenvalue weighted by atomic mass is 9.94. The van der Waals surface area contributed by atoms with E-state index in [0.29, 0.717) is 5.92 Å². The third-order valence-corrected chi connectivity index (χ3v) is 4.73.